The Balaban J connectivity index is 1.67. The van der Waals surface area contributed by atoms with Crippen LogP contribution >= 0.6 is 23.4 Å². The summed E-state index contributed by atoms with van der Waals surface area (Å²) in [5.41, 5.74) is 3.01. The van der Waals surface area contributed by atoms with Gasteiger partial charge < -0.3 is 0 Å². The van der Waals surface area contributed by atoms with E-state index in [9.17, 15) is 4.39 Å². The minimum Gasteiger partial charge on any atom is -0.274 e. The summed E-state index contributed by atoms with van der Waals surface area (Å²) in [7, 11) is 0. The maximum absolute atomic E-state index is 13.4. The lowest BCUT2D eigenvalue weighted by atomic mass is 10.1. The molecular formula is C22H17ClFN3S. The molecule has 4 rings (SSSR count). The maximum Gasteiger partial charge on any atom is 0.196 e. The van der Waals surface area contributed by atoms with Gasteiger partial charge in [0, 0.05) is 22.9 Å². The lowest BCUT2D eigenvalue weighted by Gasteiger charge is -2.11. The molecule has 4 aromatic rings. The first kappa shape index (κ1) is 18.7. The van der Waals surface area contributed by atoms with Crippen molar-refractivity contribution in [3.63, 3.8) is 0 Å². The number of rotatable bonds is 6. The van der Waals surface area contributed by atoms with Crippen LogP contribution in [0.2, 0.25) is 5.02 Å². The van der Waals surface area contributed by atoms with E-state index in [1.807, 2.05) is 47.0 Å². The van der Waals surface area contributed by atoms with Crippen LogP contribution in [-0.2, 0) is 12.2 Å². The molecule has 0 bridgehead atoms. The third-order valence-corrected chi connectivity index (χ3v) is 5.65. The van der Waals surface area contributed by atoms with Gasteiger partial charge in [-0.15, -0.1) is 10.2 Å². The Morgan fingerprint density at radius 2 is 1.57 bits per heavy atom. The Labute approximate surface area is 172 Å². The Bertz CT molecular complexity index is 1060. The molecule has 28 heavy (non-hydrogen) atoms. The van der Waals surface area contributed by atoms with Gasteiger partial charge in [0.15, 0.2) is 5.16 Å². The molecule has 3 nitrogen and oxygen atoms in total. The molecule has 0 spiro atoms. The third kappa shape index (κ3) is 4.26. The first-order valence-corrected chi connectivity index (χ1v) is 10.2. The van der Waals surface area contributed by atoms with Crippen molar-refractivity contribution in [2.45, 2.75) is 17.3 Å². The molecule has 0 aliphatic heterocycles. The van der Waals surface area contributed by atoms with Gasteiger partial charge in [-0.25, -0.2) is 4.39 Å². The van der Waals surface area contributed by atoms with Crippen LogP contribution in [0.15, 0.2) is 84.0 Å². The summed E-state index contributed by atoms with van der Waals surface area (Å²) in [5, 5.41) is 10.3. The molecule has 0 saturated heterocycles. The van der Waals surface area contributed by atoms with Gasteiger partial charge in [0.2, 0.25) is 0 Å². The molecule has 0 saturated carbocycles. The van der Waals surface area contributed by atoms with Gasteiger partial charge in [-0.05, 0) is 41.5 Å². The normalized spacial score (nSPS) is 10.9. The molecule has 0 radical (unpaired) electrons. The number of hydrogen-bond acceptors (Lipinski definition) is 3. The fourth-order valence-electron chi connectivity index (χ4n) is 2.89. The molecule has 0 fully saturated rings. The van der Waals surface area contributed by atoms with E-state index >= 15 is 0 Å². The Morgan fingerprint density at radius 1 is 0.857 bits per heavy atom. The van der Waals surface area contributed by atoms with Gasteiger partial charge in [0.25, 0.3) is 0 Å². The topological polar surface area (TPSA) is 30.7 Å². The monoisotopic (exact) mass is 409 g/mol. The van der Waals surface area contributed by atoms with E-state index in [1.54, 1.807) is 23.9 Å². The summed E-state index contributed by atoms with van der Waals surface area (Å²) in [6.07, 6.45) is 0.637. The standard InChI is InChI=1S/C22H17ClFN3S/c23-20-9-5-4-8-17(20)15-28-22-26-25-21(14-16-6-2-1-3-7-16)27(22)19-12-10-18(24)11-13-19/h1-13H,14-15H2. The number of nitrogens with zero attached hydrogens (tertiary/aromatic N) is 3. The van der Waals surface area contributed by atoms with Crippen LogP contribution in [0.3, 0.4) is 0 Å². The summed E-state index contributed by atoms with van der Waals surface area (Å²) in [6, 6.07) is 24.2. The van der Waals surface area contributed by atoms with Crippen molar-refractivity contribution in [1.29, 1.82) is 0 Å². The first-order valence-electron chi connectivity index (χ1n) is 8.81. The zero-order valence-corrected chi connectivity index (χ0v) is 16.5. The van der Waals surface area contributed by atoms with E-state index in [1.165, 1.54) is 12.1 Å². The molecule has 3 aromatic carbocycles. The summed E-state index contributed by atoms with van der Waals surface area (Å²) in [6.45, 7) is 0. The molecule has 0 N–H and O–H groups in total. The zero-order chi connectivity index (χ0) is 19.3. The quantitative estimate of drug-likeness (QED) is 0.369. The highest BCUT2D eigenvalue weighted by Gasteiger charge is 2.16. The van der Waals surface area contributed by atoms with Gasteiger partial charge in [0.1, 0.15) is 11.6 Å². The van der Waals surface area contributed by atoms with Crippen molar-refractivity contribution < 1.29 is 4.39 Å². The largest absolute Gasteiger partial charge is 0.274 e. The first-order chi connectivity index (χ1) is 13.7. The van der Waals surface area contributed by atoms with Crippen LogP contribution in [0.5, 0.6) is 0 Å². The predicted octanol–water partition coefficient (Wildman–Crippen LogP) is 5.94. The predicted molar refractivity (Wildman–Crippen MR) is 112 cm³/mol. The number of thioether (sulfide) groups is 1. The second-order valence-electron chi connectivity index (χ2n) is 6.25. The Hall–Kier alpha value is -2.63. The zero-order valence-electron chi connectivity index (χ0n) is 14.9. The Kier molecular flexibility index (Phi) is 5.74. The molecule has 6 heteroatoms. The lowest BCUT2D eigenvalue weighted by molar-refractivity contribution is 0.627. The molecule has 1 heterocycles. The van der Waals surface area contributed by atoms with E-state index < -0.39 is 0 Å². The van der Waals surface area contributed by atoms with Crippen molar-refractivity contribution >= 4 is 23.4 Å². The highest BCUT2D eigenvalue weighted by molar-refractivity contribution is 7.98. The second-order valence-corrected chi connectivity index (χ2v) is 7.60. The fraction of sp³-hybridized carbons (Fsp3) is 0.0909. The molecule has 0 atom stereocenters. The second kappa shape index (κ2) is 8.59. The summed E-state index contributed by atoms with van der Waals surface area (Å²) < 4.78 is 15.4. The van der Waals surface area contributed by atoms with Crippen molar-refractivity contribution in [2.24, 2.45) is 0 Å². The maximum atomic E-state index is 13.4. The summed E-state index contributed by atoms with van der Waals surface area (Å²) >= 11 is 7.84. The summed E-state index contributed by atoms with van der Waals surface area (Å²) in [5.74, 6) is 1.20. The fourth-order valence-corrected chi connectivity index (χ4v) is 4.15. The molecular weight excluding hydrogens is 393 g/mol. The van der Waals surface area contributed by atoms with Crippen molar-refractivity contribution in [3.8, 4) is 5.69 Å². The van der Waals surface area contributed by atoms with E-state index in [0.717, 1.165) is 32.8 Å². The minimum absolute atomic E-state index is 0.272. The number of benzene rings is 3. The Morgan fingerprint density at radius 3 is 2.32 bits per heavy atom. The van der Waals surface area contributed by atoms with Crippen LogP contribution in [0.25, 0.3) is 5.69 Å². The van der Waals surface area contributed by atoms with Crippen LogP contribution in [-0.4, -0.2) is 14.8 Å². The SMILES string of the molecule is Fc1ccc(-n2c(Cc3ccccc3)nnc2SCc2ccccc2Cl)cc1. The van der Waals surface area contributed by atoms with E-state index in [4.69, 9.17) is 11.6 Å². The van der Waals surface area contributed by atoms with Gasteiger partial charge in [0.05, 0.1) is 0 Å². The number of aromatic nitrogens is 3. The van der Waals surface area contributed by atoms with E-state index in [0.29, 0.717) is 12.2 Å². The van der Waals surface area contributed by atoms with Crippen molar-refractivity contribution in [2.75, 3.05) is 0 Å². The van der Waals surface area contributed by atoms with E-state index in [2.05, 4.69) is 22.3 Å². The number of hydrogen-bond donors (Lipinski definition) is 0. The molecule has 0 aliphatic rings. The van der Waals surface area contributed by atoms with E-state index in [-0.39, 0.29) is 5.82 Å². The lowest BCUT2D eigenvalue weighted by Crippen LogP contribution is -2.04. The van der Waals surface area contributed by atoms with Crippen LogP contribution in [0.1, 0.15) is 17.0 Å². The molecule has 140 valence electrons. The highest BCUT2D eigenvalue weighted by atomic mass is 35.5. The van der Waals surface area contributed by atoms with Crippen LogP contribution in [0, 0.1) is 5.82 Å². The highest BCUT2D eigenvalue weighted by Crippen LogP contribution is 2.28. The van der Waals surface area contributed by atoms with Crippen LogP contribution in [0.4, 0.5) is 4.39 Å². The average Bonchev–Trinajstić information content (AvgIpc) is 3.11. The minimum atomic E-state index is -0.272. The van der Waals surface area contributed by atoms with Crippen LogP contribution < -0.4 is 0 Å². The third-order valence-electron chi connectivity index (χ3n) is 4.30. The average molecular weight is 410 g/mol. The van der Waals surface area contributed by atoms with Gasteiger partial charge >= 0.3 is 0 Å². The molecule has 0 unspecified atom stereocenters. The van der Waals surface area contributed by atoms with Crippen molar-refractivity contribution in [1.82, 2.24) is 14.8 Å². The van der Waals surface area contributed by atoms with Gasteiger partial charge in [-0.2, -0.15) is 0 Å². The molecule has 1 aromatic heterocycles. The van der Waals surface area contributed by atoms with Gasteiger partial charge in [-0.3, -0.25) is 4.57 Å². The van der Waals surface area contributed by atoms with Crippen molar-refractivity contribution in [3.05, 3.63) is 107 Å². The number of halogens is 2. The molecule has 0 amide bonds. The van der Waals surface area contributed by atoms with Gasteiger partial charge in [-0.1, -0.05) is 71.9 Å². The smallest absolute Gasteiger partial charge is 0.196 e. The molecule has 0 aliphatic carbocycles. The summed E-state index contributed by atoms with van der Waals surface area (Å²) in [4.78, 5) is 0.